The number of amides is 1. The zero-order chi connectivity index (χ0) is 21.0. The second kappa shape index (κ2) is 8.99. The number of furan rings is 1. The van der Waals surface area contributed by atoms with Crippen LogP contribution >= 0.6 is 0 Å². The van der Waals surface area contributed by atoms with E-state index < -0.39 is 0 Å². The molecule has 0 saturated carbocycles. The van der Waals surface area contributed by atoms with E-state index in [4.69, 9.17) is 9.15 Å². The van der Waals surface area contributed by atoms with Crippen molar-refractivity contribution in [3.8, 4) is 16.9 Å². The summed E-state index contributed by atoms with van der Waals surface area (Å²) in [5.41, 5.74) is 5.61. The lowest BCUT2D eigenvalue weighted by molar-refractivity contribution is -0.116. The SMILES string of the molecule is COc1c(/C(C)=C/C(=O)NCCC(C)C)cc2c(-c3ccccc3)coc2c1C. The highest BCUT2D eigenvalue weighted by Gasteiger charge is 2.18. The largest absolute Gasteiger partial charge is 0.496 e. The van der Waals surface area contributed by atoms with Crippen LogP contribution in [0.3, 0.4) is 0 Å². The summed E-state index contributed by atoms with van der Waals surface area (Å²) in [6, 6.07) is 12.2. The molecule has 29 heavy (non-hydrogen) atoms. The van der Waals surface area contributed by atoms with Crippen molar-refractivity contribution in [2.24, 2.45) is 5.92 Å². The molecule has 1 N–H and O–H groups in total. The quantitative estimate of drug-likeness (QED) is 0.504. The Kier molecular flexibility index (Phi) is 6.42. The summed E-state index contributed by atoms with van der Waals surface area (Å²) in [7, 11) is 1.65. The molecule has 0 bridgehead atoms. The molecule has 1 aromatic heterocycles. The molecule has 0 aliphatic heterocycles. The highest BCUT2D eigenvalue weighted by Crippen LogP contribution is 2.40. The van der Waals surface area contributed by atoms with Crippen molar-refractivity contribution in [1.82, 2.24) is 5.32 Å². The minimum Gasteiger partial charge on any atom is -0.496 e. The minimum absolute atomic E-state index is 0.0848. The fourth-order valence-electron chi connectivity index (χ4n) is 3.52. The number of nitrogens with one attached hydrogen (secondary N) is 1. The fraction of sp³-hybridized carbons (Fsp3) is 0.320. The summed E-state index contributed by atoms with van der Waals surface area (Å²) in [5.74, 6) is 1.21. The summed E-state index contributed by atoms with van der Waals surface area (Å²) in [4.78, 5) is 12.3. The van der Waals surface area contributed by atoms with E-state index >= 15 is 0 Å². The Labute approximate surface area is 172 Å². The van der Waals surface area contributed by atoms with Crippen LogP contribution in [0.2, 0.25) is 0 Å². The van der Waals surface area contributed by atoms with Crippen molar-refractivity contribution in [1.29, 1.82) is 0 Å². The highest BCUT2D eigenvalue weighted by molar-refractivity contribution is 6.01. The van der Waals surface area contributed by atoms with E-state index in [1.165, 1.54) is 0 Å². The average Bonchev–Trinajstić information content (AvgIpc) is 3.12. The predicted octanol–water partition coefficient (Wildman–Crippen LogP) is 5.98. The lowest BCUT2D eigenvalue weighted by atomic mass is 9.96. The summed E-state index contributed by atoms with van der Waals surface area (Å²) >= 11 is 0. The molecule has 0 atom stereocenters. The van der Waals surface area contributed by atoms with Crippen molar-refractivity contribution < 1.29 is 13.9 Å². The molecular formula is C25H29NO3. The van der Waals surface area contributed by atoms with Gasteiger partial charge in [-0.2, -0.15) is 0 Å². The normalized spacial score (nSPS) is 11.9. The van der Waals surface area contributed by atoms with Crippen LogP contribution < -0.4 is 10.1 Å². The van der Waals surface area contributed by atoms with Crippen LogP contribution in [-0.2, 0) is 4.79 Å². The molecule has 152 valence electrons. The van der Waals surface area contributed by atoms with Crippen molar-refractivity contribution in [2.75, 3.05) is 13.7 Å². The fourth-order valence-corrected chi connectivity index (χ4v) is 3.52. The van der Waals surface area contributed by atoms with Crippen molar-refractivity contribution >= 4 is 22.4 Å². The van der Waals surface area contributed by atoms with Crippen molar-refractivity contribution in [3.05, 3.63) is 59.9 Å². The Balaban J connectivity index is 2.02. The number of aryl methyl sites for hydroxylation is 1. The van der Waals surface area contributed by atoms with E-state index in [1.54, 1.807) is 19.4 Å². The zero-order valence-electron chi connectivity index (χ0n) is 17.8. The third-order valence-corrected chi connectivity index (χ3v) is 5.13. The number of allylic oxidation sites excluding steroid dienone is 1. The van der Waals surface area contributed by atoms with Gasteiger partial charge in [0.05, 0.1) is 13.4 Å². The molecule has 0 fully saturated rings. The topological polar surface area (TPSA) is 51.5 Å². The van der Waals surface area contributed by atoms with Crippen LogP contribution in [-0.4, -0.2) is 19.6 Å². The van der Waals surface area contributed by atoms with E-state index in [0.29, 0.717) is 12.5 Å². The first-order chi connectivity index (χ1) is 13.9. The first-order valence-electron chi connectivity index (χ1n) is 10.0. The lowest BCUT2D eigenvalue weighted by Gasteiger charge is -2.13. The summed E-state index contributed by atoms with van der Waals surface area (Å²) in [6.45, 7) is 8.89. The Morgan fingerprint density at radius 1 is 1.24 bits per heavy atom. The molecular weight excluding hydrogens is 362 g/mol. The third-order valence-electron chi connectivity index (χ3n) is 5.13. The van der Waals surface area contributed by atoms with Gasteiger partial charge in [0.15, 0.2) is 0 Å². The number of fused-ring (bicyclic) bond motifs is 1. The maximum absolute atomic E-state index is 12.3. The molecule has 0 saturated heterocycles. The van der Waals surface area contributed by atoms with Crippen LogP contribution in [0.15, 0.2) is 53.2 Å². The van der Waals surface area contributed by atoms with Gasteiger partial charge < -0.3 is 14.5 Å². The first-order valence-corrected chi connectivity index (χ1v) is 10.0. The van der Waals surface area contributed by atoms with Crippen molar-refractivity contribution in [2.45, 2.75) is 34.1 Å². The number of hydrogen-bond acceptors (Lipinski definition) is 3. The van der Waals surface area contributed by atoms with Crippen LogP contribution in [0.1, 0.15) is 38.3 Å². The molecule has 0 spiro atoms. The molecule has 1 heterocycles. The van der Waals surface area contributed by atoms with E-state index in [0.717, 1.165) is 51.0 Å². The monoisotopic (exact) mass is 391 g/mol. The summed E-state index contributed by atoms with van der Waals surface area (Å²) in [5, 5.41) is 3.97. The molecule has 0 aliphatic rings. The van der Waals surface area contributed by atoms with Gasteiger partial charge in [0.1, 0.15) is 11.3 Å². The van der Waals surface area contributed by atoms with E-state index in [2.05, 4.69) is 37.4 Å². The van der Waals surface area contributed by atoms with Gasteiger partial charge in [0.2, 0.25) is 5.91 Å². The molecule has 3 rings (SSSR count). The van der Waals surface area contributed by atoms with Crippen LogP contribution in [0.4, 0.5) is 0 Å². The number of hydrogen-bond donors (Lipinski definition) is 1. The summed E-state index contributed by atoms with van der Waals surface area (Å²) in [6.07, 6.45) is 4.39. The molecule has 3 aromatic rings. The summed E-state index contributed by atoms with van der Waals surface area (Å²) < 4.78 is 11.6. The Bertz CT molecular complexity index is 1030. The number of carbonyl (C=O) groups excluding carboxylic acids is 1. The highest BCUT2D eigenvalue weighted by atomic mass is 16.5. The molecule has 4 nitrogen and oxygen atoms in total. The lowest BCUT2D eigenvalue weighted by Crippen LogP contribution is -2.23. The Morgan fingerprint density at radius 2 is 1.97 bits per heavy atom. The standard InChI is InChI=1S/C25H29NO3/c1-16(2)11-12-26-23(27)13-17(3)20-14-21-22(19-9-7-6-8-10-19)15-29-25(21)18(4)24(20)28-5/h6-10,13-16H,11-12H2,1-5H3,(H,26,27)/b17-13+. The second-order valence-corrected chi connectivity index (χ2v) is 7.78. The van der Waals surface area contributed by atoms with E-state index in [-0.39, 0.29) is 5.91 Å². The third kappa shape index (κ3) is 4.53. The van der Waals surface area contributed by atoms with Gasteiger partial charge in [-0.1, -0.05) is 44.2 Å². The van der Waals surface area contributed by atoms with Crippen LogP contribution in [0, 0.1) is 12.8 Å². The van der Waals surface area contributed by atoms with Gasteiger partial charge in [-0.15, -0.1) is 0 Å². The molecule has 2 aromatic carbocycles. The van der Waals surface area contributed by atoms with Gasteiger partial charge in [0, 0.05) is 34.7 Å². The van der Waals surface area contributed by atoms with Gasteiger partial charge in [0.25, 0.3) is 0 Å². The molecule has 4 heteroatoms. The van der Waals surface area contributed by atoms with Crippen LogP contribution in [0.25, 0.3) is 27.7 Å². The predicted molar refractivity (Wildman–Crippen MR) is 119 cm³/mol. The number of methoxy groups -OCH3 is 1. The molecule has 1 amide bonds. The maximum atomic E-state index is 12.3. The first kappa shape index (κ1) is 20.7. The number of benzene rings is 2. The van der Waals surface area contributed by atoms with E-state index in [1.807, 2.05) is 32.0 Å². The maximum Gasteiger partial charge on any atom is 0.244 e. The molecule has 0 unspecified atom stereocenters. The van der Waals surface area contributed by atoms with Crippen molar-refractivity contribution in [3.63, 3.8) is 0 Å². The van der Waals surface area contributed by atoms with Gasteiger partial charge in [-0.3, -0.25) is 4.79 Å². The smallest absolute Gasteiger partial charge is 0.244 e. The minimum atomic E-state index is -0.0848. The molecule has 0 aliphatic carbocycles. The van der Waals surface area contributed by atoms with Gasteiger partial charge >= 0.3 is 0 Å². The van der Waals surface area contributed by atoms with Gasteiger partial charge in [-0.05, 0) is 43.4 Å². The zero-order valence-corrected chi connectivity index (χ0v) is 17.8. The Hall–Kier alpha value is -3.01. The second-order valence-electron chi connectivity index (χ2n) is 7.78. The van der Waals surface area contributed by atoms with E-state index in [9.17, 15) is 4.79 Å². The number of rotatable bonds is 7. The number of carbonyl (C=O) groups is 1. The average molecular weight is 392 g/mol. The molecule has 0 radical (unpaired) electrons. The van der Waals surface area contributed by atoms with Gasteiger partial charge in [-0.25, -0.2) is 0 Å². The van der Waals surface area contributed by atoms with Crippen LogP contribution in [0.5, 0.6) is 5.75 Å². The Morgan fingerprint density at radius 3 is 2.62 bits per heavy atom. The number of ether oxygens (including phenoxy) is 1.